The van der Waals surface area contributed by atoms with Crippen LogP contribution in [0.1, 0.15) is 12.8 Å². The van der Waals surface area contributed by atoms with E-state index in [0.717, 1.165) is 12.5 Å². The first-order chi connectivity index (χ1) is 5.86. The standard InChI is InChI=1S/C10H12O2/c11-9-3-1-2-4-10(9)12-7-8-5-6-8/h1-4,8,11H,5-7H2. The lowest BCUT2D eigenvalue weighted by molar-refractivity contribution is 0.284. The van der Waals surface area contributed by atoms with Gasteiger partial charge in [0.15, 0.2) is 11.5 Å². The first-order valence-electron chi connectivity index (χ1n) is 4.27. The van der Waals surface area contributed by atoms with Gasteiger partial charge in [0.25, 0.3) is 0 Å². The molecule has 0 saturated heterocycles. The maximum absolute atomic E-state index is 9.32. The molecule has 0 radical (unpaired) electrons. The fraction of sp³-hybridized carbons (Fsp3) is 0.400. The van der Waals surface area contributed by atoms with Crippen LogP contribution in [0.15, 0.2) is 24.3 Å². The Morgan fingerprint density at radius 2 is 2.08 bits per heavy atom. The molecule has 1 aliphatic carbocycles. The van der Waals surface area contributed by atoms with Gasteiger partial charge in [-0.2, -0.15) is 0 Å². The zero-order chi connectivity index (χ0) is 8.39. The Balaban J connectivity index is 1.96. The number of phenolic OH excluding ortho intramolecular Hbond substituents is 1. The molecule has 2 heteroatoms. The highest BCUT2D eigenvalue weighted by atomic mass is 16.5. The molecule has 1 saturated carbocycles. The van der Waals surface area contributed by atoms with Crippen molar-refractivity contribution < 1.29 is 9.84 Å². The molecule has 0 unspecified atom stereocenters. The number of hydrogen-bond donors (Lipinski definition) is 1. The number of ether oxygens (including phenoxy) is 1. The topological polar surface area (TPSA) is 29.5 Å². The van der Waals surface area contributed by atoms with Crippen molar-refractivity contribution in [2.75, 3.05) is 6.61 Å². The highest BCUT2D eigenvalue weighted by Gasteiger charge is 2.22. The predicted molar refractivity (Wildman–Crippen MR) is 46.3 cm³/mol. The van der Waals surface area contributed by atoms with E-state index in [1.54, 1.807) is 18.2 Å². The van der Waals surface area contributed by atoms with Crippen molar-refractivity contribution in [1.82, 2.24) is 0 Å². The van der Waals surface area contributed by atoms with Crippen LogP contribution in [-0.2, 0) is 0 Å². The maximum Gasteiger partial charge on any atom is 0.160 e. The first kappa shape index (κ1) is 7.47. The van der Waals surface area contributed by atoms with E-state index in [4.69, 9.17) is 4.74 Å². The van der Waals surface area contributed by atoms with Gasteiger partial charge in [0.05, 0.1) is 6.61 Å². The number of benzene rings is 1. The smallest absolute Gasteiger partial charge is 0.160 e. The second kappa shape index (κ2) is 3.05. The zero-order valence-electron chi connectivity index (χ0n) is 6.86. The van der Waals surface area contributed by atoms with Crippen LogP contribution < -0.4 is 4.74 Å². The summed E-state index contributed by atoms with van der Waals surface area (Å²) in [5, 5.41) is 9.32. The molecule has 1 aromatic rings. The van der Waals surface area contributed by atoms with Crippen LogP contribution in [-0.4, -0.2) is 11.7 Å². The number of rotatable bonds is 3. The molecule has 1 fully saturated rings. The predicted octanol–water partition coefficient (Wildman–Crippen LogP) is 2.18. The minimum Gasteiger partial charge on any atom is -0.504 e. The summed E-state index contributed by atoms with van der Waals surface area (Å²) in [7, 11) is 0. The van der Waals surface area contributed by atoms with E-state index >= 15 is 0 Å². The van der Waals surface area contributed by atoms with Crippen molar-refractivity contribution >= 4 is 0 Å². The molecule has 1 aromatic carbocycles. The van der Waals surface area contributed by atoms with Crippen LogP contribution in [0.5, 0.6) is 11.5 Å². The Bertz CT molecular complexity index is 266. The number of para-hydroxylation sites is 2. The summed E-state index contributed by atoms with van der Waals surface area (Å²) < 4.78 is 5.41. The van der Waals surface area contributed by atoms with Gasteiger partial charge in [-0.05, 0) is 30.9 Å². The highest BCUT2D eigenvalue weighted by Crippen LogP contribution is 2.31. The lowest BCUT2D eigenvalue weighted by atomic mass is 10.3. The summed E-state index contributed by atoms with van der Waals surface area (Å²) >= 11 is 0. The van der Waals surface area contributed by atoms with Crippen molar-refractivity contribution in [3.63, 3.8) is 0 Å². The second-order valence-corrected chi connectivity index (χ2v) is 3.22. The second-order valence-electron chi connectivity index (χ2n) is 3.22. The van der Waals surface area contributed by atoms with Gasteiger partial charge >= 0.3 is 0 Å². The number of phenols is 1. The van der Waals surface area contributed by atoms with Crippen LogP contribution >= 0.6 is 0 Å². The Labute approximate surface area is 71.8 Å². The van der Waals surface area contributed by atoms with Gasteiger partial charge in [-0.1, -0.05) is 12.1 Å². The normalized spacial score (nSPS) is 16.0. The third-order valence-corrected chi connectivity index (χ3v) is 2.04. The molecular formula is C10H12O2. The van der Waals surface area contributed by atoms with Crippen LogP contribution in [0, 0.1) is 5.92 Å². The SMILES string of the molecule is Oc1ccccc1OCC1CC1. The number of hydrogen-bond acceptors (Lipinski definition) is 2. The molecule has 2 rings (SSSR count). The molecule has 0 amide bonds. The molecule has 0 aromatic heterocycles. The van der Waals surface area contributed by atoms with E-state index in [1.807, 2.05) is 6.07 Å². The van der Waals surface area contributed by atoms with Gasteiger partial charge in [-0.3, -0.25) is 0 Å². The van der Waals surface area contributed by atoms with E-state index in [0.29, 0.717) is 5.75 Å². The minimum absolute atomic E-state index is 0.234. The van der Waals surface area contributed by atoms with E-state index in [2.05, 4.69) is 0 Å². The zero-order valence-corrected chi connectivity index (χ0v) is 6.86. The minimum atomic E-state index is 0.234. The molecule has 0 bridgehead atoms. The monoisotopic (exact) mass is 164 g/mol. The van der Waals surface area contributed by atoms with Crippen LogP contribution in [0.2, 0.25) is 0 Å². The van der Waals surface area contributed by atoms with Crippen molar-refractivity contribution in [2.24, 2.45) is 5.92 Å². The van der Waals surface area contributed by atoms with E-state index in [9.17, 15) is 5.11 Å². The van der Waals surface area contributed by atoms with Gasteiger partial charge in [-0.25, -0.2) is 0 Å². The van der Waals surface area contributed by atoms with Crippen LogP contribution in [0.3, 0.4) is 0 Å². The molecule has 12 heavy (non-hydrogen) atoms. The summed E-state index contributed by atoms with van der Waals surface area (Å²) in [6.07, 6.45) is 2.54. The van der Waals surface area contributed by atoms with Crippen molar-refractivity contribution in [3.8, 4) is 11.5 Å². The summed E-state index contributed by atoms with van der Waals surface area (Å²) in [6.45, 7) is 0.748. The largest absolute Gasteiger partial charge is 0.504 e. The fourth-order valence-corrected chi connectivity index (χ4v) is 1.07. The number of aromatic hydroxyl groups is 1. The molecule has 0 aliphatic heterocycles. The fourth-order valence-electron chi connectivity index (χ4n) is 1.07. The van der Waals surface area contributed by atoms with Crippen molar-refractivity contribution in [3.05, 3.63) is 24.3 Å². The summed E-state index contributed by atoms with van der Waals surface area (Å²) in [6, 6.07) is 7.08. The Morgan fingerprint density at radius 1 is 1.33 bits per heavy atom. The quantitative estimate of drug-likeness (QED) is 0.742. The molecule has 64 valence electrons. The summed E-state index contributed by atoms with van der Waals surface area (Å²) in [5.41, 5.74) is 0. The van der Waals surface area contributed by atoms with Gasteiger partial charge in [0.1, 0.15) is 0 Å². The summed E-state index contributed by atoms with van der Waals surface area (Å²) in [5.74, 6) is 1.56. The molecule has 1 N–H and O–H groups in total. The maximum atomic E-state index is 9.32. The lowest BCUT2D eigenvalue weighted by Crippen LogP contribution is -1.98. The lowest BCUT2D eigenvalue weighted by Gasteiger charge is -2.05. The molecule has 1 aliphatic rings. The van der Waals surface area contributed by atoms with Gasteiger partial charge in [0, 0.05) is 0 Å². The molecule has 0 atom stereocenters. The third kappa shape index (κ3) is 1.70. The third-order valence-electron chi connectivity index (χ3n) is 2.04. The van der Waals surface area contributed by atoms with Gasteiger partial charge < -0.3 is 9.84 Å². The molecule has 0 spiro atoms. The molecule has 0 heterocycles. The van der Waals surface area contributed by atoms with E-state index < -0.39 is 0 Å². The van der Waals surface area contributed by atoms with E-state index in [1.165, 1.54) is 12.8 Å². The van der Waals surface area contributed by atoms with Gasteiger partial charge in [0.2, 0.25) is 0 Å². The van der Waals surface area contributed by atoms with Gasteiger partial charge in [-0.15, -0.1) is 0 Å². The molecular weight excluding hydrogens is 152 g/mol. The Morgan fingerprint density at radius 3 is 2.75 bits per heavy atom. The van der Waals surface area contributed by atoms with Crippen molar-refractivity contribution in [2.45, 2.75) is 12.8 Å². The average Bonchev–Trinajstić information content (AvgIpc) is 2.86. The average molecular weight is 164 g/mol. The van der Waals surface area contributed by atoms with Crippen LogP contribution in [0.4, 0.5) is 0 Å². The van der Waals surface area contributed by atoms with E-state index in [-0.39, 0.29) is 5.75 Å². The highest BCUT2D eigenvalue weighted by molar-refractivity contribution is 5.37. The first-order valence-corrected chi connectivity index (χ1v) is 4.27. The van der Waals surface area contributed by atoms with Crippen molar-refractivity contribution in [1.29, 1.82) is 0 Å². The summed E-state index contributed by atoms with van der Waals surface area (Å²) in [4.78, 5) is 0. The Kier molecular flexibility index (Phi) is 1.90. The Hall–Kier alpha value is -1.18. The van der Waals surface area contributed by atoms with Crippen LogP contribution in [0.25, 0.3) is 0 Å². The molecule has 2 nitrogen and oxygen atoms in total.